The number of aromatic amines is 2. The zero-order valence-electron chi connectivity index (χ0n) is 25.2. The van der Waals surface area contributed by atoms with E-state index < -0.39 is 5.41 Å². The van der Waals surface area contributed by atoms with Gasteiger partial charge in [-0.1, -0.05) is 20.8 Å². The van der Waals surface area contributed by atoms with Crippen molar-refractivity contribution in [1.82, 2.24) is 35.0 Å². The molecule has 0 saturated carbocycles. The molecule has 0 aliphatic rings. The van der Waals surface area contributed by atoms with Crippen LogP contribution in [0.2, 0.25) is 0 Å². The summed E-state index contributed by atoms with van der Waals surface area (Å²) in [6, 6.07) is 12.3. The van der Waals surface area contributed by atoms with Crippen LogP contribution < -0.4 is 10.1 Å². The number of H-pyrrole nitrogens is 2. The Kier molecular flexibility index (Phi) is 7.56. The molecule has 0 fully saturated rings. The number of halogens is 1. The number of pyridine rings is 3. The van der Waals surface area contributed by atoms with Crippen LogP contribution in [0.5, 0.6) is 5.75 Å². The number of carbonyl (C=O) groups excluding carboxylic acids is 1. The summed E-state index contributed by atoms with van der Waals surface area (Å²) in [6.45, 7) is 6.73. The molecule has 5 aromatic heterocycles. The van der Waals surface area contributed by atoms with Crippen molar-refractivity contribution in [2.45, 2.75) is 20.8 Å². The van der Waals surface area contributed by atoms with Gasteiger partial charge in [0.15, 0.2) is 0 Å². The van der Waals surface area contributed by atoms with E-state index in [-0.39, 0.29) is 11.7 Å². The van der Waals surface area contributed by atoms with Crippen molar-refractivity contribution in [2.75, 3.05) is 32.6 Å². The number of anilines is 1. The van der Waals surface area contributed by atoms with Crippen LogP contribution in [0.3, 0.4) is 0 Å². The molecule has 44 heavy (non-hydrogen) atoms. The van der Waals surface area contributed by atoms with Crippen molar-refractivity contribution in [1.29, 1.82) is 0 Å². The summed E-state index contributed by atoms with van der Waals surface area (Å²) in [5.41, 5.74) is 6.46. The van der Waals surface area contributed by atoms with Crippen molar-refractivity contribution in [3.63, 3.8) is 0 Å². The van der Waals surface area contributed by atoms with Gasteiger partial charge in [-0.05, 0) is 56.1 Å². The molecule has 0 radical (unpaired) electrons. The van der Waals surface area contributed by atoms with Gasteiger partial charge in [-0.2, -0.15) is 5.10 Å². The molecule has 0 atom stereocenters. The third-order valence-corrected chi connectivity index (χ3v) is 7.17. The first-order chi connectivity index (χ1) is 21.0. The number of carbonyl (C=O) groups is 1. The van der Waals surface area contributed by atoms with Crippen molar-refractivity contribution in [3.8, 4) is 39.5 Å². The van der Waals surface area contributed by atoms with Crippen LogP contribution in [-0.4, -0.2) is 68.2 Å². The second kappa shape index (κ2) is 11.5. The van der Waals surface area contributed by atoms with E-state index in [0.29, 0.717) is 47.1 Å². The number of ether oxygens (including phenoxy) is 1. The van der Waals surface area contributed by atoms with Gasteiger partial charge < -0.3 is 19.9 Å². The molecule has 3 N–H and O–H groups in total. The summed E-state index contributed by atoms with van der Waals surface area (Å²) in [4.78, 5) is 31.6. The standard InChI is InChI=1S/C33H33FN8O2/c1-33(2,3)32(43)37-22-11-20(15-35-16-22)26-6-7-27-30(39-26)31(41-40-27)28-14-24-25(17-36-18-29(24)38-28)19-10-21(34)13-23(12-19)44-9-8-42(4)5/h6-7,10-18,38H,8-9H2,1-5H3,(H,37,43)(H,40,41). The third-order valence-electron chi connectivity index (χ3n) is 7.17. The van der Waals surface area contributed by atoms with E-state index in [1.165, 1.54) is 12.1 Å². The Morgan fingerprint density at radius 2 is 1.80 bits per heavy atom. The number of nitrogens with zero attached hydrogens (tertiary/aromatic N) is 5. The van der Waals surface area contributed by atoms with Crippen molar-refractivity contribution < 1.29 is 13.9 Å². The van der Waals surface area contributed by atoms with Crippen LogP contribution in [0.25, 0.3) is 55.7 Å². The van der Waals surface area contributed by atoms with Gasteiger partial charge in [0.2, 0.25) is 5.91 Å². The molecule has 10 nitrogen and oxygen atoms in total. The van der Waals surface area contributed by atoms with E-state index in [1.807, 2.05) is 70.1 Å². The van der Waals surface area contributed by atoms with Gasteiger partial charge in [0.25, 0.3) is 0 Å². The van der Waals surface area contributed by atoms with Crippen molar-refractivity contribution >= 4 is 33.5 Å². The van der Waals surface area contributed by atoms with Crippen LogP contribution in [0, 0.1) is 11.2 Å². The molecule has 0 spiro atoms. The number of likely N-dealkylation sites (N-methyl/N-ethyl adjacent to an activating group) is 1. The number of hydrogen-bond acceptors (Lipinski definition) is 7. The van der Waals surface area contributed by atoms with E-state index in [2.05, 4.69) is 30.5 Å². The maximum Gasteiger partial charge on any atom is 0.229 e. The Balaban J connectivity index is 1.35. The molecular weight excluding hydrogens is 559 g/mol. The highest BCUT2D eigenvalue weighted by molar-refractivity contribution is 6.00. The van der Waals surface area contributed by atoms with Gasteiger partial charge in [0, 0.05) is 46.9 Å². The minimum Gasteiger partial charge on any atom is -0.492 e. The lowest BCUT2D eigenvalue weighted by Gasteiger charge is -2.17. The van der Waals surface area contributed by atoms with Gasteiger partial charge in [-0.3, -0.25) is 19.9 Å². The molecule has 5 heterocycles. The quantitative estimate of drug-likeness (QED) is 0.190. The van der Waals surface area contributed by atoms with Crippen LogP contribution >= 0.6 is 0 Å². The number of nitrogens with one attached hydrogen (secondary N) is 3. The van der Waals surface area contributed by atoms with E-state index in [1.54, 1.807) is 24.8 Å². The molecule has 224 valence electrons. The Morgan fingerprint density at radius 3 is 2.59 bits per heavy atom. The van der Waals surface area contributed by atoms with E-state index in [0.717, 1.165) is 33.2 Å². The first-order valence-corrected chi connectivity index (χ1v) is 14.2. The fourth-order valence-electron chi connectivity index (χ4n) is 4.77. The number of hydrogen-bond donors (Lipinski definition) is 3. The van der Waals surface area contributed by atoms with Crippen LogP contribution in [0.1, 0.15) is 20.8 Å². The molecule has 1 amide bonds. The molecule has 6 aromatic rings. The minimum atomic E-state index is -0.537. The Hall–Kier alpha value is -5.16. The lowest BCUT2D eigenvalue weighted by atomic mass is 9.95. The van der Waals surface area contributed by atoms with Crippen LogP contribution in [0.15, 0.2) is 67.3 Å². The largest absolute Gasteiger partial charge is 0.492 e. The first-order valence-electron chi connectivity index (χ1n) is 14.2. The second-order valence-corrected chi connectivity index (χ2v) is 12.0. The average Bonchev–Trinajstić information content (AvgIpc) is 3.60. The van der Waals surface area contributed by atoms with Crippen LogP contribution in [-0.2, 0) is 4.79 Å². The van der Waals surface area contributed by atoms with Gasteiger partial charge in [0.1, 0.15) is 29.4 Å². The molecule has 1 aromatic carbocycles. The summed E-state index contributed by atoms with van der Waals surface area (Å²) >= 11 is 0. The zero-order valence-corrected chi connectivity index (χ0v) is 25.2. The maximum atomic E-state index is 14.7. The molecule has 0 unspecified atom stereocenters. The second-order valence-electron chi connectivity index (χ2n) is 12.0. The number of amides is 1. The Labute approximate surface area is 253 Å². The van der Waals surface area contributed by atoms with E-state index >= 15 is 0 Å². The molecule has 0 aliphatic heterocycles. The maximum absolute atomic E-state index is 14.7. The summed E-state index contributed by atoms with van der Waals surface area (Å²) < 4.78 is 20.5. The molecule has 0 bridgehead atoms. The van der Waals surface area contributed by atoms with Gasteiger partial charge >= 0.3 is 0 Å². The van der Waals surface area contributed by atoms with E-state index in [9.17, 15) is 9.18 Å². The fourth-order valence-corrected chi connectivity index (χ4v) is 4.77. The van der Waals surface area contributed by atoms with Gasteiger partial charge in [0.05, 0.1) is 40.5 Å². The van der Waals surface area contributed by atoms with Crippen molar-refractivity contribution in [3.05, 3.63) is 73.1 Å². The zero-order chi connectivity index (χ0) is 31.0. The predicted molar refractivity (Wildman–Crippen MR) is 170 cm³/mol. The number of fused-ring (bicyclic) bond motifs is 2. The number of aromatic nitrogens is 6. The topological polar surface area (TPSA) is 125 Å². The predicted octanol–water partition coefficient (Wildman–Crippen LogP) is 6.29. The average molecular weight is 593 g/mol. The monoisotopic (exact) mass is 592 g/mol. The molecule has 6 rings (SSSR count). The summed E-state index contributed by atoms with van der Waals surface area (Å²) in [5, 5.41) is 11.4. The normalized spacial score (nSPS) is 11.9. The molecule has 11 heteroatoms. The summed E-state index contributed by atoms with van der Waals surface area (Å²) in [7, 11) is 3.92. The smallest absolute Gasteiger partial charge is 0.229 e. The van der Waals surface area contributed by atoms with Gasteiger partial charge in [-0.25, -0.2) is 9.37 Å². The highest BCUT2D eigenvalue weighted by Gasteiger charge is 2.22. The number of benzene rings is 1. The Morgan fingerprint density at radius 1 is 0.977 bits per heavy atom. The lowest BCUT2D eigenvalue weighted by Crippen LogP contribution is -2.27. The number of rotatable bonds is 8. The molecular formula is C33H33FN8O2. The Bertz CT molecular complexity index is 1990. The van der Waals surface area contributed by atoms with Crippen LogP contribution in [0.4, 0.5) is 10.1 Å². The van der Waals surface area contributed by atoms with Gasteiger partial charge in [-0.15, -0.1) is 0 Å². The summed E-state index contributed by atoms with van der Waals surface area (Å²) in [5.74, 6) is -0.0289. The highest BCUT2D eigenvalue weighted by atomic mass is 19.1. The summed E-state index contributed by atoms with van der Waals surface area (Å²) in [6.07, 6.45) is 6.77. The highest BCUT2D eigenvalue weighted by Crippen LogP contribution is 2.35. The molecule has 0 saturated heterocycles. The minimum absolute atomic E-state index is 0.101. The molecule has 0 aliphatic carbocycles. The fraction of sp³-hybridized carbons (Fsp3) is 0.242. The van der Waals surface area contributed by atoms with Crippen molar-refractivity contribution in [2.24, 2.45) is 5.41 Å². The van der Waals surface area contributed by atoms with E-state index in [4.69, 9.17) is 9.72 Å². The first kappa shape index (κ1) is 28.9. The lowest BCUT2D eigenvalue weighted by molar-refractivity contribution is -0.123. The third kappa shape index (κ3) is 6.00. The SMILES string of the molecule is CN(C)CCOc1cc(F)cc(-c2cncc3[nH]c(-c4n[nH]c5ccc(-c6cncc(NC(=O)C(C)(C)C)c6)nc45)cc23)c1.